The zero-order chi connectivity index (χ0) is 13.1. The minimum Gasteiger partial charge on any atom is -0.399 e. The van der Waals surface area contributed by atoms with Crippen molar-refractivity contribution in [2.24, 2.45) is 0 Å². The molecule has 92 valence electrons. The monoisotopic (exact) mass is 240 g/mol. The first-order valence-corrected chi connectivity index (χ1v) is 5.80. The topological polar surface area (TPSA) is 55.1 Å². The van der Waals surface area contributed by atoms with Crippen molar-refractivity contribution in [2.75, 3.05) is 11.1 Å². The van der Waals surface area contributed by atoms with Crippen molar-refractivity contribution >= 4 is 17.3 Å². The SMILES string of the molecule is Cc1ccc(C(=O)Nc2ccc(N)cc2)cc1C. The highest BCUT2D eigenvalue weighted by Gasteiger charge is 2.06. The summed E-state index contributed by atoms with van der Waals surface area (Å²) in [5.41, 5.74) is 9.97. The number of carbonyl (C=O) groups excluding carboxylic acids is 1. The van der Waals surface area contributed by atoms with Crippen LogP contribution >= 0.6 is 0 Å². The molecule has 1 amide bonds. The molecular weight excluding hydrogens is 224 g/mol. The molecule has 2 rings (SSSR count). The number of rotatable bonds is 2. The third kappa shape index (κ3) is 2.69. The van der Waals surface area contributed by atoms with Gasteiger partial charge in [0, 0.05) is 16.9 Å². The second-order valence-corrected chi connectivity index (χ2v) is 4.38. The fourth-order valence-corrected chi connectivity index (χ4v) is 1.65. The van der Waals surface area contributed by atoms with Crippen molar-refractivity contribution in [3.63, 3.8) is 0 Å². The molecule has 0 bridgehead atoms. The molecule has 0 aliphatic carbocycles. The van der Waals surface area contributed by atoms with Crippen LogP contribution in [0.4, 0.5) is 11.4 Å². The lowest BCUT2D eigenvalue weighted by Crippen LogP contribution is -2.12. The Kier molecular flexibility index (Phi) is 3.33. The number of hydrogen-bond acceptors (Lipinski definition) is 2. The van der Waals surface area contributed by atoms with Crippen LogP contribution in [0.1, 0.15) is 21.5 Å². The molecule has 0 aliphatic heterocycles. The molecule has 0 aliphatic rings. The molecule has 0 saturated heterocycles. The van der Waals surface area contributed by atoms with E-state index >= 15 is 0 Å². The standard InChI is InChI=1S/C15H16N2O/c1-10-3-4-12(9-11(10)2)15(18)17-14-7-5-13(16)6-8-14/h3-9H,16H2,1-2H3,(H,17,18). The maximum absolute atomic E-state index is 12.0. The Morgan fingerprint density at radius 2 is 1.67 bits per heavy atom. The van der Waals surface area contributed by atoms with Gasteiger partial charge in [-0.3, -0.25) is 4.79 Å². The molecule has 2 aromatic rings. The number of hydrogen-bond donors (Lipinski definition) is 2. The predicted octanol–water partition coefficient (Wildman–Crippen LogP) is 3.14. The van der Waals surface area contributed by atoms with E-state index in [2.05, 4.69) is 5.32 Å². The summed E-state index contributed by atoms with van der Waals surface area (Å²) in [4.78, 5) is 12.0. The number of nitrogen functional groups attached to an aromatic ring is 1. The van der Waals surface area contributed by atoms with E-state index in [0.717, 1.165) is 11.3 Å². The Bertz CT molecular complexity index is 574. The lowest BCUT2D eigenvalue weighted by Gasteiger charge is -2.07. The first-order chi connectivity index (χ1) is 8.56. The van der Waals surface area contributed by atoms with Crippen LogP contribution in [0.25, 0.3) is 0 Å². The summed E-state index contributed by atoms with van der Waals surface area (Å²) in [6.45, 7) is 4.02. The fraction of sp³-hybridized carbons (Fsp3) is 0.133. The summed E-state index contributed by atoms with van der Waals surface area (Å²) in [5.74, 6) is -0.108. The quantitative estimate of drug-likeness (QED) is 0.792. The fourth-order valence-electron chi connectivity index (χ4n) is 1.65. The largest absolute Gasteiger partial charge is 0.399 e. The molecule has 0 unspecified atom stereocenters. The van der Waals surface area contributed by atoms with Gasteiger partial charge in [-0.2, -0.15) is 0 Å². The van der Waals surface area contributed by atoms with Gasteiger partial charge in [-0.1, -0.05) is 6.07 Å². The lowest BCUT2D eigenvalue weighted by molar-refractivity contribution is 0.102. The van der Waals surface area contributed by atoms with Crippen LogP contribution in [0.2, 0.25) is 0 Å². The molecule has 0 atom stereocenters. The van der Waals surface area contributed by atoms with Gasteiger partial charge in [0.2, 0.25) is 0 Å². The van der Waals surface area contributed by atoms with E-state index in [-0.39, 0.29) is 5.91 Å². The summed E-state index contributed by atoms with van der Waals surface area (Å²) in [7, 11) is 0. The number of nitrogens with two attached hydrogens (primary N) is 1. The summed E-state index contributed by atoms with van der Waals surface area (Å²) in [6, 6.07) is 12.8. The molecule has 0 fully saturated rings. The number of carbonyl (C=O) groups is 1. The molecule has 0 aromatic heterocycles. The average molecular weight is 240 g/mol. The van der Waals surface area contributed by atoms with Crippen molar-refractivity contribution < 1.29 is 4.79 Å². The van der Waals surface area contributed by atoms with Crippen LogP contribution in [0.3, 0.4) is 0 Å². The van der Waals surface area contributed by atoms with Crippen molar-refractivity contribution in [1.82, 2.24) is 0 Å². The van der Waals surface area contributed by atoms with Gasteiger partial charge in [0.05, 0.1) is 0 Å². The van der Waals surface area contributed by atoms with Crippen LogP contribution in [0.5, 0.6) is 0 Å². The second-order valence-electron chi connectivity index (χ2n) is 4.38. The van der Waals surface area contributed by atoms with E-state index < -0.39 is 0 Å². The van der Waals surface area contributed by atoms with Gasteiger partial charge in [0.25, 0.3) is 5.91 Å². The van der Waals surface area contributed by atoms with Crippen LogP contribution in [-0.2, 0) is 0 Å². The first-order valence-electron chi connectivity index (χ1n) is 5.80. The highest BCUT2D eigenvalue weighted by atomic mass is 16.1. The summed E-state index contributed by atoms with van der Waals surface area (Å²) in [5, 5.41) is 2.84. The highest BCUT2D eigenvalue weighted by Crippen LogP contribution is 2.14. The van der Waals surface area contributed by atoms with E-state index in [1.165, 1.54) is 5.56 Å². The van der Waals surface area contributed by atoms with E-state index in [1.54, 1.807) is 24.3 Å². The van der Waals surface area contributed by atoms with Gasteiger partial charge >= 0.3 is 0 Å². The number of anilines is 2. The second kappa shape index (κ2) is 4.92. The summed E-state index contributed by atoms with van der Waals surface area (Å²) in [6.07, 6.45) is 0. The predicted molar refractivity (Wildman–Crippen MR) is 74.7 cm³/mol. The Balaban J connectivity index is 2.16. The zero-order valence-electron chi connectivity index (χ0n) is 10.5. The van der Waals surface area contributed by atoms with E-state index in [9.17, 15) is 4.79 Å². The lowest BCUT2D eigenvalue weighted by atomic mass is 10.1. The Morgan fingerprint density at radius 3 is 2.28 bits per heavy atom. The zero-order valence-corrected chi connectivity index (χ0v) is 10.5. The molecule has 0 heterocycles. The molecule has 0 radical (unpaired) electrons. The number of benzene rings is 2. The minimum absolute atomic E-state index is 0.108. The number of nitrogens with one attached hydrogen (secondary N) is 1. The summed E-state index contributed by atoms with van der Waals surface area (Å²) >= 11 is 0. The molecule has 2 aromatic carbocycles. The molecule has 0 saturated carbocycles. The molecule has 3 nitrogen and oxygen atoms in total. The third-order valence-electron chi connectivity index (χ3n) is 2.94. The Hall–Kier alpha value is -2.29. The normalized spacial score (nSPS) is 10.1. The van der Waals surface area contributed by atoms with Crippen molar-refractivity contribution in [1.29, 1.82) is 0 Å². The molecule has 18 heavy (non-hydrogen) atoms. The van der Waals surface area contributed by atoms with Gasteiger partial charge in [-0.15, -0.1) is 0 Å². The van der Waals surface area contributed by atoms with Gasteiger partial charge in [-0.25, -0.2) is 0 Å². The van der Waals surface area contributed by atoms with Gasteiger partial charge in [0.1, 0.15) is 0 Å². The Morgan fingerprint density at radius 1 is 1.00 bits per heavy atom. The third-order valence-corrected chi connectivity index (χ3v) is 2.94. The molecule has 0 spiro atoms. The Labute approximate surface area is 107 Å². The van der Waals surface area contributed by atoms with Gasteiger partial charge in [0.15, 0.2) is 0 Å². The minimum atomic E-state index is -0.108. The van der Waals surface area contributed by atoms with E-state index in [1.807, 2.05) is 32.0 Å². The van der Waals surface area contributed by atoms with Crippen LogP contribution in [0, 0.1) is 13.8 Å². The van der Waals surface area contributed by atoms with Crippen LogP contribution < -0.4 is 11.1 Å². The van der Waals surface area contributed by atoms with Gasteiger partial charge in [-0.05, 0) is 61.4 Å². The van der Waals surface area contributed by atoms with Gasteiger partial charge < -0.3 is 11.1 Å². The first kappa shape index (κ1) is 12.2. The van der Waals surface area contributed by atoms with E-state index in [0.29, 0.717) is 11.3 Å². The summed E-state index contributed by atoms with van der Waals surface area (Å²) < 4.78 is 0. The maximum atomic E-state index is 12.0. The van der Waals surface area contributed by atoms with Crippen LogP contribution in [0.15, 0.2) is 42.5 Å². The molecule has 3 heteroatoms. The van der Waals surface area contributed by atoms with Crippen molar-refractivity contribution in [3.8, 4) is 0 Å². The number of aryl methyl sites for hydroxylation is 2. The molecular formula is C15H16N2O. The number of amides is 1. The average Bonchev–Trinajstić information content (AvgIpc) is 2.35. The van der Waals surface area contributed by atoms with Crippen molar-refractivity contribution in [3.05, 3.63) is 59.2 Å². The smallest absolute Gasteiger partial charge is 0.255 e. The van der Waals surface area contributed by atoms with Crippen molar-refractivity contribution in [2.45, 2.75) is 13.8 Å². The molecule has 3 N–H and O–H groups in total. The van der Waals surface area contributed by atoms with Crippen LogP contribution in [-0.4, -0.2) is 5.91 Å². The maximum Gasteiger partial charge on any atom is 0.255 e. The van der Waals surface area contributed by atoms with E-state index in [4.69, 9.17) is 5.73 Å². The highest BCUT2D eigenvalue weighted by molar-refractivity contribution is 6.04.